The van der Waals surface area contributed by atoms with Crippen LogP contribution in [0.2, 0.25) is 0 Å². The summed E-state index contributed by atoms with van der Waals surface area (Å²) in [5.74, 6) is -0.0736. The lowest BCUT2D eigenvalue weighted by Gasteiger charge is -2.16. The third-order valence-electron chi connectivity index (χ3n) is 3.77. The summed E-state index contributed by atoms with van der Waals surface area (Å²) in [6.45, 7) is 1.88. The standard InChI is InChI=1S/C16H19N3O/c20-16(19-13-6-3-4-9-17-11-13)15-14-7-2-1-5-12(14)8-10-18-15/h1-2,5,7-8,10,13,17H,3-4,6,9,11H2,(H,19,20). The highest BCUT2D eigenvalue weighted by Gasteiger charge is 2.17. The molecular formula is C16H19N3O. The molecule has 104 valence electrons. The second kappa shape index (κ2) is 6.01. The summed E-state index contributed by atoms with van der Waals surface area (Å²) >= 11 is 0. The maximum Gasteiger partial charge on any atom is 0.270 e. The van der Waals surface area contributed by atoms with Crippen LogP contribution in [0.15, 0.2) is 36.5 Å². The van der Waals surface area contributed by atoms with Gasteiger partial charge in [-0.15, -0.1) is 0 Å². The molecule has 2 heterocycles. The van der Waals surface area contributed by atoms with Gasteiger partial charge in [0.2, 0.25) is 0 Å². The summed E-state index contributed by atoms with van der Waals surface area (Å²) in [5, 5.41) is 8.42. The molecule has 0 radical (unpaired) electrons. The fraction of sp³-hybridized carbons (Fsp3) is 0.375. The van der Waals surface area contributed by atoms with Crippen molar-refractivity contribution in [3.05, 3.63) is 42.2 Å². The fourth-order valence-electron chi connectivity index (χ4n) is 2.70. The molecule has 1 unspecified atom stereocenters. The Balaban J connectivity index is 1.81. The molecule has 0 bridgehead atoms. The van der Waals surface area contributed by atoms with Crippen molar-refractivity contribution >= 4 is 16.7 Å². The highest BCUT2D eigenvalue weighted by molar-refractivity contribution is 6.05. The molecule has 20 heavy (non-hydrogen) atoms. The molecule has 0 aliphatic carbocycles. The minimum atomic E-state index is -0.0736. The number of hydrogen-bond donors (Lipinski definition) is 2. The number of fused-ring (bicyclic) bond motifs is 1. The fourth-order valence-corrected chi connectivity index (χ4v) is 2.70. The lowest BCUT2D eigenvalue weighted by atomic mass is 10.1. The summed E-state index contributed by atoms with van der Waals surface area (Å²) in [4.78, 5) is 16.7. The molecule has 1 aromatic heterocycles. The van der Waals surface area contributed by atoms with Crippen LogP contribution in [0.5, 0.6) is 0 Å². The van der Waals surface area contributed by atoms with Crippen molar-refractivity contribution in [2.75, 3.05) is 13.1 Å². The van der Waals surface area contributed by atoms with Gasteiger partial charge in [0.15, 0.2) is 0 Å². The van der Waals surface area contributed by atoms with Crippen LogP contribution in [0.3, 0.4) is 0 Å². The van der Waals surface area contributed by atoms with Gasteiger partial charge in [-0.05, 0) is 30.8 Å². The molecule has 1 atom stereocenters. The second-order valence-corrected chi connectivity index (χ2v) is 5.25. The predicted octanol–water partition coefficient (Wildman–Crippen LogP) is 2.11. The SMILES string of the molecule is O=C(NC1CCCCNC1)c1nccc2ccccc12. The molecule has 1 fully saturated rings. The van der Waals surface area contributed by atoms with Crippen LogP contribution in [-0.4, -0.2) is 30.0 Å². The van der Waals surface area contributed by atoms with Crippen molar-refractivity contribution in [3.63, 3.8) is 0 Å². The molecule has 4 nitrogen and oxygen atoms in total. The van der Waals surface area contributed by atoms with Crippen molar-refractivity contribution in [2.24, 2.45) is 0 Å². The Morgan fingerprint density at radius 2 is 2.15 bits per heavy atom. The number of hydrogen-bond acceptors (Lipinski definition) is 3. The average Bonchev–Trinajstić information content (AvgIpc) is 2.75. The van der Waals surface area contributed by atoms with Crippen molar-refractivity contribution in [1.82, 2.24) is 15.6 Å². The van der Waals surface area contributed by atoms with E-state index in [1.807, 2.05) is 30.3 Å². The first-order valence-corrected chi connectivity index (χ1v) is 7.20. The first-order chi connectivity index (χ1) is 9.84. The van der Waals surface area contributed by atoms with Gasteiger partial charge >= 0.3 is 0 Å². The van der Waals surface area contributed by atoms with Gasteiger partial charge in [0, 0.05) is 24.2 Å². The van der Waals surface area contributed by atoms with E-state index in [4.69, 9.17) is 0 Å². The van der Waals surface area contributed by atoms with E-state index in [9.17, 15) is 4.79 Å². The van der Waals surface area contributed by atoms with E-state index in [0.717, 1.165) is 36.7 Å². The normalized spacial score (nSPS) is 19.5. The number of nitrogens with one attached hydrogen (secondary N) is 2. The van der Waals surface area contributed by atoms with Gasteiger partial charge in [0.25, 0.3) is 5.91 Å². The van der Waals surface area contributed by atoms with Gasteiger partial charge in [0.1, 0.15) is 5.69 Å². The Bertz CT molecular complexity index is 598. The summed E-state index contributed by atoms with van der Waals surface area (Å²) in [7, 11) is 0. The van der Waals surface area contributed by atoms with Crippen molar-refractivity contribution in [2.45, 2.75) is 25.3 Å². The molecule has 0 saturated carbocycles. The molecule has 4 heteroatoms. The summed E-state index contributed by atoms with van der Waals surface area (Å²) in [6.07, 6.45) is 5.06. The highest BCUT2D eigenvalue weighted by Crippen LogP contribution is 2.16. The number of carbonyl (C=O) groups excluding carboxylic acids is 1. The zero-order valence-corrected chi connectivity index (χ0v) is 11.4. The number of aromatic nitrogens is 1. The van der Waals surface area contributed by atoms with Crippen LogP contribution in [0.25, 0.3) is 10.8 Å². The van der Waals surface area contributed by atoms with Crippen molar-refractivity contribution in [3.8, 4) is 0 Å². The molecule has 1 aliphatic heterocycles. The second-order valence-electron chi connectivity index (χ2n) is 5.25. The Hall–Kier alpha value is -1.94. The molecule has 1 aromatic carbocycles. The Kier molecular flexibility index (Phi) is 3.92. The Labute approximate surface area is 118 Å². The molecule has 2 N–H and O–H groups in total. The average molecular weight is 269 g/mol. The van der Waals surface area contributed by atoms with E-state index < -0.39 is 0 Å². The van der Waals surface area contributed by atoms with Crippen LogP contribution in [0.4, 0.5) is 0 Å². The van der Waals surface area contributed by atoms with E-state index in [2.05, 4.69) is 15.6 Å². The molecule has 0 spiro atoms. The Morgan fingerprint density at radius 3 is 3.10 bits per heavy atom. The van der Waals surface area contributed by atoms with Crippen LogP contribution in [-0.2, 0) is 0 Å². The minimum absolute atomic E-state index is 0.0736. The van der Waals surface area contributed by atoms with Gasteiger partial charge < -0.3 is 10.6 Å². The minimum Gasteiger partial charge on any atom is -0.347 e. The van der Waals surface area contributed by atoms with Crippen molar-refractivity contribution < 1.29 is 4.79 Å². The maximum atomic E-state index is 12.4. The van der Waals surface area contributed by atoms with Gasteiger partial charge in [0.05, 0.1) is 0 Å². The van der Waals surface area contributed by atoms with Gasteiger partial charge in [-0.3, -0.25) is 9.78 Å². The quantitative estimate of drug-likeness (QED) is 0.878. The molecule has 3 rings (SSSR count). The van der Waals surface area contributed by atoms with Crippen LogP contribution in [0.1, 0.15) is 29.8 Å². The first kappa shape index (κ1) is 13.1. The van der Waals surface area contributed by atoms with E-state index in [0.29, 0.717) is 5.69 Å². The number of pyridine rings is 1. The largest absolute Gasteiger partial charge is 0.347 e. The summed E-state index contributed by atoms with van der Waals surface area (Å²) < 4.78 is 0. The smallest absolute Gasteiger partial charge is 0.270 e. The van der Waals surface area contributed by atoms with Crippen molar-refractivity contribution in [1.29, 1.82) is 0 Å². The monoisotopic (exact) mass is 269 g/mol. The number of amides is 1. The molecule has 1 aliphatic rings. The van der Waals surface area contributed by atoms with Crippen LogP contribution in [0, 0.1) is 0 Å². The number of carbonyl (C=O) groups is 1. The maximum absolute atomic E-state index is 12.4. The first-order valence-electron chi connectivity index (χ1n) is 7.20. The van der Waals surface area contributed by atoms with E-state index in [1.165, 1.54) is 6.42 Å². The van der Waals surface area contributed by atoms with Gasteiger partial charge in [-0.25, -0.2) is 0 Å². The number of benzene rings is 1. The summed E-state index contributed by atoms with van der Waals surface area (Å²) in [6, 6.07) is 9.99. The van der Waals surface area contributed by atoms with Gasteiger partial charge in [-0.2, -0.15) is 0 Å². The van der Waals surface area contributed by atoms with Crippen LogP contribution < -0.4 is 10.6 Å². The third-order valence-corrected chi connectivity index (χ3v) is 3.77. The number of nitrogens with zero attached hydrogens (tertiary/aromatic N) is 1. The molecule has 1 saturated heterocycles. The topological polar surface area (TPSA) is 54.0 Å². The van der Waals surface area contributed by atoms with Crippen LogP contribution >= 0.6 is 0 Å². The zero-order chi connectivity index (χ0) is 13.8. The zero-order valence-electron chi connectivity index (χ0n) is 11.4. The predicted molar refractivity (Wildman–Crippen MR) is 79.7 cm³/mol. The molecular weight excluding hydrogens is 250 g/mol. The van der Waals surface area contributed by atoms with E-state index >= 15 is 0 Å². The third kappa shape index (κ3) is 2.80. The number of rotatable bonds is 2. The highest BCUT2D eigenvalue weighted by atomic mass is 16.1. The Morgan fingerprint density at radius 1 is 1.25 bits per heavy atom. The molecule has 1 amide bonds. The molecule has 2 aromatic rings. The summed E-state index contributed by atoms with van der Waals surface area (Å²) in [5.41, 5.74) is 0.521. The van der Waals surface area contributed by atoms with E-state index in [-0.39, 0.29) is 11.9 Å². The lowest BCUT2D eigenvalue weighted by molar-refractivity contribution is 0.0932. The lowest BCUT2D eigenvalue weighted by Crippen LogP contribution is -2.41. The van der Waals surface area contributed by atoms with E-state index in [1.54, 1.807) is 6.20 Å². The van der Waals surface area contributed by atoms with Gasteiger partial charge in [-0.1, -0.05) is 30.7 Å².